The molecular weight excluding hydrogens is 387 g/mol. The van der Waals surface area contributed by atoms with Crippen molar-refractivity contribution in [3.8, 4) is 0 Å². The van der Waals surface area contributed by atoms with Crippen molar-refractivity contribution in [3.05, 3.63) is 66.0 Å². The highest BCUT2D eigenvalue weighted by molar-refractivity contribution is 7.90. The van der Waals surface area contributed by atoms with Crippen molar-refractivity contribution in [1.29, 1.82) is 0 Å². The van der Waals surface area contributed by atoms with Gasteiger partial charge in [0.15, 0.2) is 0 Å². The van der Waals surface area contributed by atoms with E-state index in [2.05, 4.69) is 30.1 Å². The second kappa shape index (κ2) is 6.94. The summed E-state index contributed by atoms with van der Waals surface area (Å²) in [5, 5.41) is 0. The third-order valence-electron chi connectivity index (χ3n) is 6.04. The molecule has 0 N–H and O–H groups in total. The minimum atomic E-state index is -3.88. The van der Waals surface area contributed by atoms with Crippen LogP contribution in [0.5, 0.6) is 0 Å². The van der Waals surface area contributed by atoms with Crippen molar-refractivity contribution >= 4 is 15.9 Å². The zero-order chi connectivity index (χ0) is 20.9. The van der Waals surface area contributed by atoms with E-state index >= 15 is 0 Å². The molecule has 0 radical (unpaired) electrons. The first-order valence-electron chi connectivity index (χ1n) is 10.00. The Labute approximate surface area is 172 Å². The Kier molecular flexibility index (Phi) is 4.80. The quantitative estimate of drug-likeness (QED) is 0.532. The van der Waals surface area contributed by atoms with E-state index in [0.29, 0.717) is 11.4 Å². The molecule has 2 aromatic carbocycles. The molecule has 1 saturated carbocycles. The molecule has 4 nitrogen and oxygen atoms in total. The van der Waals surface area contributed by atoms with Crippen LogP contribution in [0.4, 0.5) is 4.39 Å². The van der Waals surface area contributed by atoms with Gasteiger partial charge in [-0.1, -0.05) is 39.0 Å². The van der Waals surface area contributed by atoms with Crippen LogP contribution in [-0.4, -0.2) is 31.7 Å². The summed E-state index contributed by atoms with van der Waals surface area (Å²) in [5.74, 6) is 0.0626. The molecule has 1 aliphatic heterocycles. The van der Waals surface area contributed by atoms with Crippen molar-refractivity contribution in [3.63, 3.8) is 0 Å². The molecule has 1 heterocycles. The van der Waals surface area contributed by atoms with E-state index in [9.17, 15) is 12.8 Å². The van der Waals surface area contributed by atoms with Crippen LogP contribution in [0.1, 0.15) is 45.6 Å². The number of nitrogens with zero attached hydrogens (tertiary/aromatic N) is 2. The summed E-state index contributed by atoms with van der Waals surface area (Å²) in [7, 11) is -3.88. The molecule has 2 aliphatic rings. The fraction of sp³-hybridized carbons (Fsp3) is 0.435. The van der Waals surface area contributed by atoms with Gasteiger partial charge in [-0.25, -0.2) is 4.39 Å². The van der Waals surface area contributed by atoms with Gasteiger partial charge < -0.3 is 4.90 Å². The lowest BCUT2D eigenvalue weighted by molar-refractivity contribution is 0.132. The topological polar surface area (TPSA) is 49.7 Å². The number of hydrogen-bond donors (Lipinski definition) is 0. The molecule has 2 bridgehead atoms. The maximum absolute atomic E-state index is 13.5. The van der Waals surface area contributed by atoms with E-state index in [1.165, 1.54) is 12.1 Å². The van der Waals surface area contributed by atoms with E-state index < -0.39 is 10.0 Å². The molecular formula is C23H27FN2O2S. The fourth-order valence-electron chi connectivity index (χ4n) is 5.34. The van der Waals surface area contributed by atoms with Crippen molar-refractivity contribution in [2.75, 3.05) is 6.54 Å². The highest BCUT2D eigenvalue weighted by Crippen LogP contribution is 2.52. The lowest BCUT2D eigenvalue weighted by Gasteiger charge is -2.39. The van der Waals surface area contributed by atoms with Crippen LogP contribution in [-0.2, 0) is 10.0 Å². The Morgan fingerprint density at radius 3 is 2.34 bits per heavy atom. The van der Waals surface area contributed by atoms with Gasteiger partial charge in [-0.05, 0) is 66.5 Å². The van der Waals surface area contributed by atoms with Crippen molar-refractivity contribution in [2.45, 2.75) is 51.0 Å². The van der Waals surface area contributed by atoms with Crippen LogP contribution in [0.25, 0.3) is 0 Å². The summed E-state index contributed by atoms with van der Waals surface area (Å²) >= 11 is 0. The highest BCUT2D eigenvalue weighted by Gasteiger charge is 2.50. The molecule has 0 amide bonds. The molecule has 154 valence electrons. The van der Waals surface area contributed by atoms with Gasteiger partial charge in [0.25, 0.3) is 10.0 Å². The third kappa shape index (κ3) is 4.08. The summed E-state index contributed by atoms with van der Waals surface area (Å²) in [6, 6.07) is 14.4. The minimum Gasteiger partial charge on any atom is -0.352 e. The van der Waals surface area contributed by atoms with Gasteiger partial charge in [-0.15, -0.1) is 4.40 Å². The third-order valence-corrected chi connectivity index (χ3v) is 7.32. The van der Waals surface area contributed by atoms with E-state index in [-0.39, 0.29) is 27.6 Å². The predicted octanol–water partition coefficient (Wildman–Crippen LogP) is 4.86. The maximum Gasteiger partial charge on any atom is 0.284 e. The lowest BCUT2D eigenvalue weighted by Crippen LogP contribution is -2.38. The van der Waals surface area contributed by atoms with Crippen LogP contribution < -0.4 is 0 Å². The summed E-state index contributed by atoms with van der Waals surface area (Å²) < 4.78 is 43.9. The molecule has 2 unspecified atom stereocenters. The number of benzene rings is 2. The second-order valence-corrected chi connectivity index (χ2v) is 11.2. The molecule has 29 heavy (non-hydrogen) atoms. The van der Waals surface area contributed by atoms with Gasteiger partial charge in [0, 0.05) is 18.2 Å². The molecule has 1 aliphatic carbocycles. The van der Waals surface area contributed by atoms with E-state index in [1.54, 1.807) is 42.5 Å². The van der Waals surface area contributed by atoms with Gasteiger partial charge in [0.1, 0.15) is 11.7 Å². The summed E-state index contributed by atoms with van der Waals surface area (Å²) in [6.45, 7) is 7.57. The number of rotatable bonds is 3. The van der Waals surface area contributed by atoms with E-state index in [4.69, 9.17) is 0 Å². The lowest BCUT2D eigenvalue weighted by atomic mass is 9.65. The number of halogens is 1. The van der Waals surface area contributed by atoms with Crippen molar-refractivity contribution in [2.24, 2.45) is 15.2 Å². The Morgan fingerprint density at radius 2 is 1.69 bits per heavy atom. The van der Waals surface area contributed by atoms with Crippen LogP contribution in [0.3, 0.4) is 0 Å². The van der Waals surface area contributed by atoms with Crippen LogP contribution in [0.2, 0.25) is 0 Å². The fourth-order valence-corrected chi connectivity index (χ4v) is 6.38. The molecule has 2 fully saturated rings. The number of sulfonamides is 1. The van der Waals surface area contributed by atoms with Crippen LogP contribution in [0, 0.1) is 16.6 Å². The monoisotopic (exact) mass is 414 g/mol. The molecule has 0 aromatic heterocycles. The zero-order valence-corrected chi connectivity index (χ0v) is 17.9. The first-order valence-corrected chi connectivity index (χ1v) is 11.4. The molecule has 4 rings (SSSR count). The summed E-state index contributed by atoms with van der Waals surface area (Å²) in [6.07, 6.45) is 3.09. The second-order valence-electron chi connectivity index (χ2n) is 9.55. The van der Waals surface area contributed by atoms with Gasteiger partial charge in [-0.3, -0.25) is 0 Å². The largest absolute Gasteiger partial charge is 0.352 e. The first-order chi connectivity index (χ1) is 13.6. The first kappa shape index (κ1) is 20.1. The molecule has 1 saturated heterocycles. The van der Waals surface area contributed by atoms with Crippen LogP contribution in [0.15, 0.2) is 63.9 Å². The Bertz CT molecular complexity index is 1030. The standard InChI is InChI=1S/C23H27FN2O2S/c1-22(2)13-19-14-23(3,15-22)16-26(19)21(17-9-11-18(24)12-10-17)25-29(27,28)20-7-5-4-6-8-20/h4-12,19H,13-16H2,1-3H3/b25-21+. The molecule has 2 atom stereocenters. The molecule has 0 spiro atoms. The van der Waals surface area contributed by atoms with Gasteiger partial charge in [0.2, 0.25) is 0 Å². The Morgan fingerprint density at radius 1 is 1.03 bits per heavy atom. The highest BCUT2D eigenvalue weighted by atomic mass is 32.2. The van der Waals surface area contributed by atoms with E-state index in [0.717, 1.165) is 25.8 Å². The maximum atomic E-state index is 13.5. The minimum absolute atomic E-state index is 0.115. The van der Waals surface area contributed by atoms with E-state index in [1.807, 2.05) is 0 Å². The average Bonchev–Trinajstić information content (AvgIpc) is 2.90. The number of hydrogen-bond acceptors (Lipinski definition) is 2. The number of amidine groups is 1. The number of likely N-dealkylation sites (tertiary alicyclic amines) is 1. The normalized spacial score (nSPS) is 26.6. The van der Waals surface area contributed by atoms with Gasteiger partial charge in [0.05, 0.1) is 4.90 Å². The average molecular weight is 415 g/mol. The summed E-state index contributed by atoms with van der Waals surface area (Å²) in [4.78, 5) is 2.30. The Hall–Kier alpha value is -2.21. The van der Waals surface area contributed by atoms with Gasteiger partial charge in [-0.2, -0.15) is 8.42 Å². The van der Waals surface area contributed by atoms with Crippen molar-refractivity contribution < 1.29 is 12.8 Å². The summed E-state index contributed by atoms with van der Waals surface area (Å²) in [5.41, 5.74) is 0.933. The number of fused-ring (bicyclic) bond motifs is 2. The predicted molar refractivity (Wildman–Crippen MR) is 113 cm³/mol. The van der Waals surface area contributed by atoms with Gasteiger partial charge >= 0.3 is 0 Å². The molecule has 6 heteroatoms. The van der Waals surface area contributed by atoms with Crippen molar-refractivity contribution in [1.82, 2.24) is 4.90 Å². The zero-order valence-electron chi connectivity index (χ0n) is 17.1. The molecule has 2 aromatic rings. The smallest absolute Gasteiger partial charge is 0.284 e. The Balaban J connectivity index is 1.81. The van der Waals surface area contributed by atoms with Crippen LogP contribution >= 0.6 is 0 Å². The SMILES string of the molecule is CC1(C)CC2CC(C)(CN2/C(=N/S(=O)(=O)c2ccccc2)c2ccc(F)cc2)C1.